The van der Waals surface area contributed by atoms with Crippen LogP contribution in [0.1, 0.15) is 27.9 Å². The summed E-state index contributed by atoms with van der Waals surface area (Å²) < 4.78 is 6.25. The van der Waals surface area contributed by atoms with Crippen LogP contribution >= 0.6 is 11.6 Å². The Balaban J connectivity index is 1.45. The van der Waals surface area contributed by atoms with E-state index in [2.05, 4.69) is 4.90 Å². The molecular formula is C26H24ClN3O2. The molecule has 6 heteroatoms. The predicted octanol–water partition coefficient (Wildman–Crippen LogP) is 5.68. The fraction of sp³-hybridized carbons (Fsp3) is 0.231. The molecule has 1 saturated heterocycles. The van der Waals surface area contributed by atoms with Gasteiger partial charge >= 0.3 is 0 Å². The zero-order valence-corrected chi connectivity index (χ0v) is 18.7. The second-order valence-corrected chi connectivity index (χ2v) is 8.52. The number of amidine groups is 1. The number of aliphatic imine (C=N–C) groups is 1. The van der Waals surface area contributed by atoms with Gasteiger partial charge in [-0.3, -0.25) is 4.79 Å². The first-order valence-electron chi connectivity index (χ1n) is 10.9. The van der Waals surface area contributed by atoms with Crippen molar-refractivity contribution in [3.05, 3.63) is 88.4 Å². The number of benzene rings is 3. The number of fused-ring (bicyclic) bond motifs is 2. The van der Waals surface area contributed by atoms with E-state index in [0.717, 1.165) is 47.1 Å². The lowest BCUT2D eigenvalue weighted by Crippen LogP contribution is -2.37. The van der Waals surface area contributed by atoms with E-state index in [0.29, 0.717) is 30.2 Å². The van der Waals surface area contributed by atoms with E-state index in [1.54, 1.807) is 12.1 Å². The first-order chi connectivity index (χ1) is 15.6. The topological polar surface area (TPSA) is 45.1 Å². The molecule has 0 atom stereocenters. The highest BCUT2D eigenvalue weighted by Crippen LogP contribution is 2.38. The van der Waals surface area contributed by atoms with E-state index < -0.39 is 0 Å². The number of amides is 1. The van der Waals surface area contributed by atoms with Gasteiger partial charge in [-0.15, -0.1) is 0 Å². The lowest BCUT2D eigenvalue weighted by atomic mass is 10.1. The highest BCUT2D eigenvalue weighted by Gasteiger charge is 2.26. The quantitative estimate of drug-likeness (QED) is 0.484. The van der Waals surface area contributed by atoms with E-state index >= 15 is 0 Å². The number of para-hydroxylation sites is 1. The molecule has 2 aliphatic heterocycles. The number of hydrogen-bond donors (Lipinski definition) is 0. The SMILES string of the molecule is Cc1ccc2c(c1)Oc1ccccc1C(N1CCCN(C(=O)c3ccccc3Cl)CC1)=N2. The Kier molecular flexibility index (Phi) is 5.58. The van der Waals surface area contributed by atoms with Crippen molar-refractivity contribution in [1.82, 2.24) is 9.80 Å². The molecule has 3 aromatic rings. The molecule has 0 aromatic heterocycles. The number of halogens is 1. The molecule has 0 aliphatic carbocycles. The highest BCUT2D eigenvalue weighted by molar-refractivity contribution is 6.33. The van der Waals surface area contributed by atoms with Crippen molar-refractivity contribution in [2.24, 2.45) is 4.99 Å². The van der Waals surface area contributed by atoms with E-state index in [-0.39, 0.29) is 5.91 Å². The van der Waals surface area contributed by atoms with Crippen LogP contribution in [0.2, 0.25) is 5.02 Å². The Morgan fingerprint density at radius 1 is 0.938 bits per heavy atom. The first kappa shape index (κ1) is 20.6. The van der Waals surface area contributed by atoms with Gasteiger partial charge in [0.1, 0.15) is 17.3 Å². The fourth-order valence-electron chi connectivity index (χ4n) is 4.21. The van der Waals surface area contributed by atoms with Crippen LogP contribution in [0.5, 0.6) is 11.5 Å². The van der Waals surface area contributed by atoms with E-state index in [1.807, 2.05) is 66.4 Å². The fourth-order valence-corrected chi connectivity index (χ4v) is 4.42. The Labute approximate surface area is 192 Å². The second kappa shape index (κ2) is 8.67. The average molecular weight is 446 g/mol. The molecule has 32 heavy (non-hydrogen) atoms. The van der Waals surface area contributed by atoms with Crippen molar-refractivity contribution in [2.75, 3.05) is 26.2 Å². The van der Waals surface area contributed by atoms with Crippen LogP contribution in [-0.4, -0.2) is 47.7 Å². The average Bonchev–Trinajstić information content (AvgIpc) is 3.13. The van der Waals surface area contributed by atoms with Gasteiger partial charge < -0.3 is 14.5 Å². The van der Waals surface area contributed by atoms with Crippen molar-refractivity contribution in [1.29, 1.82) is 0 Å². The van der Waals surface area contributed by atoms with Crippen molar-refractivity contribution in [3.8, 4) is 11.5 Å². The normalized spacial score (nSPS) is 15.6. The molecule has 2 heterocycles. The van der Waals surface area contributed by atoms with Crippen LogP contribution in [0.3, 0.4) is 0 Å². The second-order valence-electron chi connectivity index (χ2n) is 8.12. The summed E-state index contributed by atoms with van der Waals surface area (Å²) in [5.74, 6) is 2.42. The van der Waals surface area contributed by atoms with Crippen molar-refractivity contribution < 1.29 is 9.53 Å². The lowest BCUT2D eigenvalue weighted by molar-refractivity contribution is 0.0764. The Morgan fingerprint density at radius 3 is 2.62 bits per heavy atom. The monoisotopic (exact) mass is 445 g/mol. The molecule has 5 nitrogen and oxygen atoms in total. The number of hydrogen-bond acceptors (Lipinski definition) is 4. The summed E-state index contributed by atoms with van der Waals surface area (Å²) in [7, 11) is 0. The molecule has 2 aliphatic rings. The third-order valence-electron chi connectivity index (χ3n) is 5.88. The van der Waals surface area contributed by atoms with Gasteiger partial charge in [0.15, 0.2) is 5.75 Å². The first-order valence-corrected chi connectivity index (χ1v) is 11.2. The summed E-state index contributed by atoms with van der Waals surface area (Å²) in [6, 6.07) is 21.3. The van der Waals surface area contributed by atoms with Gasteiger partial charge in [-0.2, -0.15) is 0 Å². The lowest BCUT2D eigenvalue weighted by Gasteiger charge is -2.25. The maximum atomic E-state index is 13.1. The number of rotatable bonds is 1. The molecular weight excluding hydrogens is 422 g/mol. The van der Waals surface area contributed by atoms with Crippen LogP contribution in [0.15, 0.2) is 71.7 Å². The van der Waals surface area contributed by atoms with Crippen LogP contribution in [0, 0.1) is 6.92 Å². The third-order valence-corrected chi connectivity index (χ3v) is 6.21. The van der Waals surface area contributed by atoms with Gasteiger partial charge in [0.2, 0.25) is 0 Å². The maximum Gasteiger partial charge on any atom is 0.255 e. The summed E-state index contributed by atoms with van der Waals surface area (Å²) in [5.41, 5.74) is 3.46. The Morgan fingerprint density at radius 2 is 1.75 bits per heavy atom. The number of carbonyl (C=O) groups excluding carboxylic acids is 1. The zero-order chi connectivity index (χ0) is 22.1. The van der Waals surface area contributed by atoms with Gasteiger partial charge in [-0.25, -0.2) is 4.99 Å². The number of carbonyl (C=O) groups is 1. The van der Waals surface area contributed by atoms with Crippen molar-refractivity contribution in [3.63, 3.8) is 0 Å². The van der Waals surface area contributed by atoms with Gasteiger partial charge in [0.25, 0.3) is 5.91 Å². The van der Waals surface area contributed by atoms with Crippen LogP contribution in [-0.2, 0) is 0 Å². The molecule has 0 unspecified atom stereocenters. The molecule has 0 spiro atoms. The minimum absolute atomic E-state index is 0.0233. The van der Waals surface area contributed by atoms with E-state index in [1.165, 1.54) is 0 Å². The number of ether oxygens (including phenoxy) is 1. The molecule has 0 N–H and O–H groups in total. The van der Waals surface area contributed by atoms with E-state index in [4.69, 9.17) is 21.3 Å². The third kappa shape index (κ3) is 3.96. The van der Waals surface area contributed by atoms with Crippen LogP contribution in [0.25, 0.3) is 0 Å². The van der Waals surface area contributed by atoms with Crippen LogP contribution in [0.4, 0.5) is 5.69 Å². The Bertz CT molecular complexity index is 1210. The predicted molar refractivity (Wildman–Crippen MR) is 127 cm³/mol. The van der Waals surface area contributed by atoms with Gasteiger partial charge in [0, 0.05) is 26.2 Å². The van der Waals surface area contributed by atoms with E-state index in [9.17, 15) is 4.79 Å². The Hall–Kier alpha value is -3.31. The summed E-state index contributed by atoms with van der Waals surface area (Å²) >= 11 is 6.27. The summed E-state index contributed by atoms with van der Waals surface area (Å²) in [6.07, 6.45) is 0.846. The smallest absolute Gasteiger partial charge is 0.255 e. The minimum Gasteiger partial charge on any atom is -0.454 e. The summed E-state index contributed by atoms with van der Waals surface area (Å²) in [4.78, 5) is 22.2. The molecule has 1 fully saturated rings. The van der Waals surface area contributed by atoms with Gasteiger partial charge in [0.05, 0.1) is 16.1 Å². The summed E-state index contributed by atoms with van der Waals surface area (Å²) in [6.45, 7) is 4.82. The maximum absolute atomic E-state index is 13.1. The molecule has 1 amide bonds. The molecule has 0 bridgehead atoms. The molecule has 0 radical (unpaired) electrons. The molecule has 5 rings (SSSR count). The van der Waals surface area contributed by atoms with Gasteiger partial charge in [-0.05, 0) is 55.3 Å². The largest absolute Gasteiger partial charge is 0.454 e. The van der Waals surface area contributed by atoms with Crippen LogP contribution < -0.4 is 4.74 Å². The molecule has 3 aromatic carbocycles. The summed E-state index contributed by atoms with van der Waals surface area (Å²) in [5, 5.41) is 0.490. The minimum atomic E-state index is -0.0233. The number of aryl methyl sites for hydroxylation is 1. The van der Waals surface area contributed by atoms with Crippen molar-refractivity contribution in [2.45, 2.75) is 13.3 Å². The highest BCUT2D eigenvalue weighted by atomic mass is 35.5. The number of nitrogens with zero attached hydrogens (tertiary/aromatic N) is 3. The molecule has 0 saturated carbocycles. The van der Waals surface area contributed by atoms with Gasteiger partial charge in [-0.1, -0.05) is 41.9 Å². The standard InChI is InChI=1S/C26H24ClN3O2/c1-18-11-12-22-24(17-18)32-23-10-5-3-8-20(23)25(28-22)29-13-6-14-30(16-15-29)26(31)19-7-2-4-9-21(19)27/h2-5,7-12,17H,6,13-16H2,1H3. The van der Waals surface area contributed by atoms with Crippen molar-refractivity contribution >= 4 is 29.0 Å². The zero-order valence-electron chi connectivity index (χ0n) is 17.9. The molecule has 162 valence electrons.